The number of fused-ring (bicyclic) bond motifs is 1. The van der Waals surface area contributed by atoms with E-state index in [1.54, 1.807) is 12.3 Å². The summed E-state index contributed by atoms with van der Waals surface area (Å²) < 4.78 is 14.9. The highest BCUT2D eigenvalue weighted by atomic mass is 35.5. The standard InChI is InChI=1S/C25H28ClFN2O2/c1-16-4-3-5-18(23(16)26)12-21(27)22-13-17-8-11-29(15-19(17)14-28-22)20-6-9-25(2,10-7-20)24(30)31/h3-5,12-14,20H,6-11,15H2,1-2H3,(H,30,31)/b21-12-. The quantitative estimate of drug-likeness (QED) is 0.640. The Morgan fingerprint density at radius 1 is 1.32 bits per heavy atom. The van der Waals surface area contributed by atoms with Crippen molar-refractivity contribution in [3.05, 3.63) is 63.4 Å². The third-order valence-electron chi connectivity index (χ3n) is 6.96. The maximum absolute atomic E-state index is 14.9. The minimum atomic E-state index is -0.686. The molecule has 4 rings (SSSR count). The summed E-state index contributed by atoms with van der Waals surface area (Å²) >= 11 is 6.30. The van der Waals surface area contributed by atoms with Crippen molar-refractivity contribution in [3.8, 4) is 0 Å². The number of hydrogen-bond acceptors (Lipinski definition) is 3. The van der Waals surface area contributed by atoms with Gasteiger partial charge in [0.15, 0.2) is 0 Å². The Kier molecular flexibility index (Phi) is 6.18. The zero-order valence-electron chi connectivity index (χ0n) is 18.0. The van der Waals surface area contributed by atoms with Crippen molar-refractivity contribution in [1.82, 2.24) is 9.88 Å². The molecule has 0 unspecified atom stereocenters. The summed E-state index contributed by atoms with van der Waals surface area (Å²) in [6, 6.07) is 7.81. The van der Waals surface area contributed by atoms with Gasteiger partial charge in [-0.05, 0) is 80.3 Å². The normalized spacial score (nSPS) is 24.6. The molecule has 1 aliphatic heterocycles. The molecule has 2 heterocycles. The third-order valence-corrected chi connectivity index (χ3v) is 7.48. The van der Waals surface area contributed by atoms with Gasteiger partial charge in [-0.15, -0.1) is 0 Å². The fourth-order valence-corrected chi connectivity index (χ4v) is 4.90. The number of benzene rings is 1. The number of carboxylic acid groups (broad SMARTS) is 1. The van der Waals surface area contributed by atoms with Crippen molar-refractivity contribution in [2.24, 2.45) is 5.41 Å². The van der Waals surface area contributed by atoms with E-state index in [4.69, 9.17) is 11.6 Å². The zero-order valence-corrected chi connectivity index (χ0v) is 18.8. The van der Waals surface area contributed by atoms with Crippen LogP contribution in [0.3, 0.4) is 0 Å². The monoisotopic (exact) mass is 442 g/mol. The van der Waals surface area contributed by atoms with E-state index < -0.39 is 17.2 Å². The van der Waals surface area contributed by atoms with E-state index in [0.717, 1.165) is 49.0 Å². The molecule has 1 saturated carbocycles. The predicted octanol–water partition coefficient (Wildman–Crippen LogP) is 5.90. The number of pyridine rings is 1. The molecular weight excluding hydrogens is 415 g/mol. The van der Waals surface area contributed by atoms with Crippen molar-refractivity contribution in [3.63, 3.8) is 0 Å². The molecule has 31 heavy (non-hydrogen) atoms. The number of rotatable bonds is 4. The van der Waals surface area contributed by atoms with Gasteiger partial charge in [0.25, 0.3) is 0 Å². The first kappa shape index (κ1) is 22.0. The van der Waals surface area contributed by atoms with Crippen LogP contribution in [0.2, 0.25) is 5.02 Å². The van der Waals surface area contributed by atoms with Crippen LogP contribution < -0.4 is 0 Å². The second kappa shape index (κ2) is 8.71. The maximum atomic E-state index is 14.9. The molecule has 1 aliphatic carbocycles. The Morgan fingerprint density at radius 2 is 2.06 bits per heavy atom. The summed E-state index contributed by atoms with van der Waals surface area (Å²) in [5.41, 5.74) is 3.56. The number of aromatic nitrogens is 1. The van der Waals surface area contributed by atoms with E-state index in [2.05, 4.69) is 9.88 Å². The van der Waals surface area contributed by atoms with Crippen LogP contribution in [-0.2, 0) is 17.8 Å². The van der Waals surface area contributed by atoms with Gasteiger partial charge in [-0.2, -0.15) is 0 Å². The lowest BCUT2D eigenvalue weighted by Gasteiger charge is -2.41. The SMILES string of the molecule is Cc1cccc(/C=C(\F)c2cc3c(cn2)CN(C2CCC(C)(C(=O)O)CC2)CC3)c1Cl. The van der Waals surface area contributed by atoms with Crippen LogP contribution in [0.15, 0.2) is 30.5 Å². The van der Waals surface area contributed by atoms with Crippen LogP contribution in [0.4, 0.5) is 4.39 Å². The van der Waals surface area contributed by atoms with E-state index in [1.807, 2.05) is 32.0 Å². The number of nitrogens with zero attached hydrogens (tertiary/aromatic N) is 2. The highest BCUT2D eigenvalue weighted by Gasteiger charge is 2.39. The summed E-state index contributed by atoms with van der Waals surface area (Å²) in [4.78, 5) is 18.3. The lowest BCUT2D eigenvalue weighted by atomic mass is 9.73. The van der Waals surface area contributed by atoms with E-state index in [9.17, 15) is 14.3 Å². The molecular formula is C25H28ClFN2O2. The van der Waals surface area contributed by atoms with Crippen LogP contribution in [0.1, 0.15) is 60.6 Å². The second-order valence-electron chi connectivity index (χ2n) is 9.13. The Labute approximate surface area is 187 Å². The van der Waals surface area contributed by atoms with Crippen molar-refractivity contribution < 1.29 is 14.3 Å². The molecule has 0 spiro atoms. The average Bonchev–Trinajstić information content (AvgIpc) is 2.76. The van der Waals surface area contributed by atoms with Gasteiger partial charge >= 0.3 is 5.97 Å². The second-order valence-corrected chi connectivity index (χ2v) is 9.50. The van der Waals surface area contributed by atoms with E-state index >= 15 is 0 Å². The minimum Gasteiger partial charge on any atom is -0.481 e. The zero-order chi connectivity index (χ0) is 22.2. The molecule has 164 valence electrons. The molecule has 0 saturated heterocycles. The third kappa shape index (κ3) is 4.53. The molecule has 1 fully saturated rings. The van der Waals surface area contributed by atoms with Crippen LogP contribution in [0, 0.1) is 12.3 Å². The number of aliphatic carboxylic acids is 1. The molecule has 6 heteroatoms. The molecule has 0 amide bonds. The average molecular weight is 443 g/mol. The van der Waals surface area contributed by atoms with E-state index in [-0.39, 0.29) is 0 Å². The fraction of sp³-hybridized carbons (Fsp3) is 0.440. The lowest BCUT2D eigenvalue weighted by Crippen LogP contribution is -2.44. The largest absolute Gasteiger partial charge is 0.481 e. The Hall–Kier alpha value is -2.24. The first-order valence-corrected chi connectivity index (χ1v) is 11.2. The number of carboxylic acids is 1. The highest BCUT2D eigenvalue weighted by molar-refractivity contribution is 6.33. The molecule has 1 aromatic heterocycles. The summed E-state index contributed by atoms with van der Waals surface area (Å²) in [5.74, 6) is -1.08. The predicted molar refractivity (Wildman–Crippen MR) is 122 cm³/mol. The smallest absolute Gasteiger partial charge is 0.309 e. The molecule has 0 atom stereocenters. The van der Waals surface area contributed by atoms with E-state index in [0.29, 0.717) is 35.2 Å². The fourth-order valence-electron chi connectivity index (χ4n) is 4.72. The van der Waals surface area contributed by atoms with Gasteiger partial charge in [0.05, 0.1) is 16.1 Å². The number of aryl methyl sites for hydroxylation is 1. The van der Waals surface area contributed by atoms with Gasteiger partial charge in [-0.3, -0.25) is 14.7 Å². The Balaban J connectivity index is 1.46. The van der Waals surface area contributed by atoms with E-state index in [1.165, 1.54) is 6.08 Å². The van der Waals surface area contributed by atoms with Gasteiger partial charge < -0.3 is 5.11 Å². The Morgan fingerprint density at radius 3 is 2.77 bits per heavy atom. The first-order chi connectivity index (χ1) is 14.8. The van der Waals surface area contributed by atoms with Crippen LogP contribution in [-0.4, -0.2) is 33.5 Å². The highest BCUT2D eigenvalue weighted by Crippen LogP contribution is 2.39. The van der Waals surface area contributed by atoms with Gasteiger partial charge in [-0.25, -0.2) is 4.39 Å². The maximum Gasteiger partial charge on any atom is 0.309 e. The molecule has 0 bridgehead atoms. The molecule has 1 aromatic carbocycles. The topological polar surface area (TPSA) is 53.4 Å². The van der Waals surface area contributed by atoms with Gasteiger partial charge in [0, 0.05) is 25.3 Å². The summed E-state index contributed by atoms with van der Waals surface area (Å²) in [7, 11) is 0. The first-order valence-electron chi connectivity index (χ1n) is 10.8. The van der Waals surface area contributed by atoms with Gasteiger partial charge in [0.1, 0.15) is 5.83 Å². The van der Waals surface area contributed by atoms with Gasteiger partial charge in [0.2, 0.25) is 0 Å². The molecule has 4 nitrogen and oxygen atoms in total. The molecule has 2 aliphatic rings. The van der Waals surface area contributed by atoms with Crippen LogP contribution in [0.5, 0.6) is 0 Å². The minimum absolute atomic E-state index is 0.333. The number of halogens is 2. The van der Waals surface area contributed by atoms with Crippen molar-refractivity contribution in [1.29, 1.82) is 0 Å². The molecule has 0 radical (unpaired) electrons. The Bertz CT molecular complexity index is 1030. The van der Waals surface area contributed by atoms with Crippen LogP contribution in [0.25, 0.3) is 11.9 Å². The van der Waals surface area contributed by atoms with Crippen molar-refractivity contribution in [2.75, 3.05) is 6.54 Å². The molecule has 1 N–H and O–H groups in total. The number of hydrogen-bond donors (Lipinski definition) is 1. The summed E-state index contributed by atoms with van der Waals surface area (Å²) in [6.07, 6.45) is 7.30. The summed E-state index contributed by atoms with van der Waals surface area (Å²) in [6.45, 7) is 5.44. The van der Waals surface area contributed by atoms with Crippen LogP contribution >= 0.6 is 11.6 Å². The summed E-state index contributed by atoms with van der Waals surface area (Å²) in [5, 5.41) is 10.0. The van der Waals surface area contributed by atoms with Crippen molar-refractivity contribution in [2.45, 2.75) is 58.5 Å². The van der Waals surface area contributed by atoms with Crippen molar-refractivity contribution >= 4 is 29.5 Å². The number of carbonyl (C=O) groups is 1. The molecule has 2 aromatic rings. The van der Waals surface area contributed by atoms with Gasteiger partial charge in [-0.1, -0.05) is 29.8 Å². The lowest BCUT2D eigenvalue weighted by molar-refractivity contribution is -0.150.